The Balaban J connectivity index is 1.37. The first kappa shape index (κ1) is 39.8. The van der Waals surface area contributed by atoms with Gasteiger partial charge in [-0.1, -0.05) is 27.7 Å². The number of oxazole rings is 1. The lowest BCUT2D eigenvalue weighted by molar-refractivity contribution is -0.180. The van der Waals surface area contributed by atoms with Crippen molar-refractivity contribution < 1.29 is 45.7 Å². The molecular formula is C36H51F2N5O8S. The molecule has 52 heavy (non-hydrogen) atoms. The van der Waals surface area contributed by atoms with Gasteiger partial charge >= 0.3 is 6.09 Å². The molecule has 1 aromatic heterocycles. The normalized spacial score (nSPS) is 21.9. The Labute approximate surface area is 303 Å². The molecule has 288 valence electrons. The fourth-order valence-corrected chi connectivity index (χ4v) is 8.18. The van der Waals surface area contributed by atoms with Crippen molar-refractivity contribution in [1.82, 2.24) is 19.9 Å². The first-order chi connectivity index (χ1) is 24.6. The van der Waals surface area contributed by atoms with Gasteiger partial charge in [0.15, 0.2) is 11.9 Å². The molecule has 16 heteroatoms. The second kappa shape index (κ2) is 17.2. The summed E-state index contributed by atoms with van der Waals surface area (Å²) in [7, 11) is -4.23. The van der Waals surface area contributed by atoms with E-state index >= 15 is 0 Å². The van der Waals surface area contributed by atoms with Gasteiger partial charge in [0.25, 0.3) is 6.01 Å². The minimum atomic E-state index is -4.23. The maximum absolute atomic E-state index is 14.2. The summed E-state index contributed by atoms with van der Waals surface area (Å²) in [4.78, 5) is 17.8. The molecule has 0 saturated carbocycles. The van der Waals surface area contributed by atoms with Crippen LogP contribution in [0.2, 0.25) is 0 Å². The monoisotopic (exact) mass is 751 g/mol. The van der Waals surface area contributed by atoms with Crippen molar-refractivity contribution in [3.8, 4) is 0 Å². The number of anilines is 1. The maximum atomic E-state index is 14.2. The van der Waals surface area contributed by atoms with Crippen molar-refractivity contribution in [3.05, 3.63) is 53.6 Å². The smallest absolute Gasteiger partial charge is 0.407 e. The van der Waals surface area contributed by atoms with E-state index < -0.39 is 58.8 Å². The van der Waals surface area contributed by atoms with Crippen LogP contribution in [-0.2, 0) is 30.7 Å². The molecule has 0 unspecified atom stereocenters. The summed E-state index contributed by atoms with van der Waals surface area (Å²) < 4.78 is 81.2. The molecule has 4 N–H and O–H groups in total. The van der Waals surface area contributed by atoms with Crippen LogP contribution >= 0.6 is 0 Å². The van der Waals surface area contributed by atoms with E-state index in [1.807, 2.05) is 27.7 Å². The quantitative estimate of drug-likeness (QED) is 0.161. The van der Waals surface area contributed by atoms with Crippen LogP contribution in [0.5, 0.6) is 0 Å². The zero-order chi connectivity index (χ0) is 37.7. The van der Waals surface area contributed by atoms with Crippen LogP contribution in [0.3, 0.4) is 0 Å². The van der Waals surface area contributed by atoms with Crippen LogP contribution in [0, 0.1) is 29.4 Å². The van der Waals surface area contributed by atoms with Gasteiger partial charge in [-0.25, -0.2) is 22.0 Å². The van der Waals surface area contributed by atoms with Crippen LogP contribution in [-0.4, -0.2) is 98.4 Å². The molecule has 0 radical (unpaired) electrons. The molecule has 0 aliphatic carbocycles. The second-order valence-corrected chi connectivity index (χ2v) is 16.7. The Bertz CT molecular complexity index is 1750. The predicted molar refractivity (Wildman–Crippen MR) is 190 cm³/mol. The summed E-state index contributed by atoms with van der Waals surface area (Å²) in [6.45, 7) is 12.7. The molecule has 0 bridgehead atoms. The molecule has 13 nitrogen and oxygen atoms in total. The number of carbonyl (C=O) groups is 1. The highest BCUT2D eigenvalue weighted by atomic mass is 32.2. The number of halogens is 2. The Morgan fingerprint density at radius 3 is 2.44 bits per heavy atom. The number of hydrogen-bond acceptors (Lipinski definition) is 11. The average molecular weight is 752 g/mol. The molecule has 2 aromatic carbocycles. The lowest BCUT2D eigenvalue weighted by atomic mass is 9.91. The largest absolute Gasteiger partial charge is 0.446 e. The molecule has 2 fully saturated rings. The van der Waals surface area contributed by atoms with Gasteiger partial charge in [0.2, 0.25) is 10.0 Å². The summed E-state index contributed by atoms with van der Waals surface area (Å²) in [5, 5.41) is 20.9. The molecule has 6 atom stereocenters. The number of nitrogens with zero attached hydrogens (tertiary/aromatic N) is 2. The van der Waals surface area contributed by atoms with E-state index in [1.54, 1.807) is 6.07 Å². The molecular weight excluding hydrogens is 700 g/mol. The summed E-state index contributed by atoms with van der Waals surface area (Å²) in [6, 6.07) is 6.21. The molecule has 1 amide bonds. The highest BCUT2D eigenvalue weighted by Crippen LogP contribution is 2.33. The Hall–Kier alpha value is -3.41. The summed E-state index contributed by atoms with van der Waals surface area (Å²) in [5.41, 5.74) is 0.869. The molecule has 2 saturated heterocycles. The van der Waals surface area contributed by atoms with Crippen LogP contribution in [0.4, 0.5) is 19.6 Å². The third kappa shape index (κ3) is 10.2. The van der Waals surface area contributed by atoms with Gasteiger partial charge in [-0.2, -0.15) is 9.29 Å². The van der Waals surface area contributed by atoms with Crippen molar-refractivity contribution in [3.63, 3.8) is 0 Å². The molecule has 2 aliphatic rings. The van der Waals surface area contributed by atoms with Crippen LogP contribution in [0.1, 0.15) is 53.5 Å². The number of sulfonamides is 1. The maximum Gasteiger partial charge on any atom is 0.407 e. The van der Waals surface area contributed by atoms with E-state index in [4.69, 9.17) is 18.6 Å². The Morgan fingerprint density at radius 2 is 1.77 bits per heavy atom. The zero-order valence-electron chi connectivity index (χ0n) is 30.5. The third-order valence-electron chi connectivity index (χ3n) is 8.89. The van der Waals surface area contributed by atoms with Gasteiger partial charge in [-0.05, 0) is 68.5 Å². The van der Waals surface area contributed by atoms with Gasteiger partial charge in [-0.3, -0.25) is 0 Å². The van der Waals surface area contributed by atoms with Gasteiger partial charge in [0.05, 0.1) is 36.2 Å². The fraction of sp³-hybridized carbons (Fsp3) is 0.611. The predicted octanol–water partition coefficient (Wildman–Crippen LogP) is 4.65. The number of fused-ring (bicyclic) bond motifs is 2. The standard InChI is InChI=1S/C36H51F2N5O8S/c1-20(2)16-39-29-19-49-34-33(29)31(9-10-48-34)51-36(45)42-28(13-23-11-24(37)14-25(38)12-23)30(44)18-43(17-21(3)4)52(46,47)26-7-8-27-32(15-26)50-35(41-27)40-22(5)6/h7-8,11-12,14-15,20-22,28-31,33-34,39,44H,9-10,13,16-19H2,1-6H3,(H,40,41)(H,42,45)/t28-,29-,30+,31-,33-,34-/m0/s1. The second-order valence-electron chi connectivity index (χ2n) is 14.8. The van der Waals surface area contributed by atoms with Gasteiger partial charge in [0, 0.05) is 43.7 Å². The van der Waals surface area contributed by atoms with E-state index in [0.29, 0.717) is 31.1 Å². The molecule has 3 heterocycles. The van der Waals surface area contributed by atoms with Crippen LogP contribution in [0.15, 0.2) is 45.7 Å². The van der Waals surface area contributed by atoms with E-state index in [-0.39, 0.29) is 58.9 Å². The lowest BCUT2D eigenvalue weighted by Gasteiger charge is -2.36. The van der Waals surface area contributed by atoms with Crippen molar-refractivity contribution in [1.29, 1.82) is 0 Å². The Morgan fingerprint density at radius 1 is 1.04 bits per heavy atom. The lowest BCUT2D eigenvalue weighted by Crippen LogP contribution is -2.53. The number of carbonyl (C=O) groups excluding carboxylic acids is 1. The third-order valence-corrected chi connectivity index (χ3v) is 10.7. The number of rotatable bonds is 16. The molecule has 0 spiro atoms. The fourth-order valence-electron chi connectivity index (χ4n) is 6.54. The minimum absolute atomic E-state index is 0.0235. The van der Waals surface area contributed by atoms with Crippen molar-refractivity contribution in [2.45, 2.75) is 95.9 Å². The average Bonchev–Trinajstić information content (AvgIpc) is 3.65. The number of nitrogens with one attached hydrogen (secondary N) is 3. The van der Waals surface area contributed by atoms with Crippen molar-refractivity contribution in [2.24, 2.45) is 17.8 Å². The number of amides is 1. The number of aliphatic hydroxyl groups is 1. The highest BCUT2D eigenvalue weighted by molar-refractivity contribution is 7.89. The van der Waals surface area contributed by atoms with Gasteiger partial charge < -0.3 is 39.7 Å². The zero-order valence-corrected chi connectivity index (χ0v) is 31.3. The van der Waals surface area contributed by atoms with Crippen LogP contribution in [0.25, 0.3) is 11.1 Å². The van der Waals surface area contributed by atoms with E-state index in [0.717, 1.165) is 29.0 Å². The first-order valence-corrected chi connectivity index (χ1v) is 19.3. The topological polar surface area (TPSA) is 164 Å². The number of alkyl carbamates (subject to hydrolysis) is 1. The van der Waals surface area contributed by atoms with Gasteiger partial charge in [0.1, 0.15) is 23.3 Å². The SMILES string of the molecule is CC(C)CN[C@H]1CO[C@@H]2OCC[C@H](OC(=O)N[C@@H](Cc3cc(F)cc(F)c3)[C@H](O)CN(CC(C)C)S(=O)(=O)c3ccc4nc(NC(C)C)oc4c3)[C@@H]21. The first-order valence-electron chi connectivity index (χ1n) is 17.8. The Kier molecular flexibility index (Phi) is 13.1. The van der Waals surface area contributed by atoms with E-state index in [9.17, 15) is 27.1 Å². The number of benzene rings is 2. The summed E-state index contributed by atoms with van der Waals surface area (Å²) in [6.07, 6.45) is -3.36. The number of ether oxygens (including phenoxy) is 3. The van der Waals surface area contributed by atoms with E-state index in [2.05, 4.69) is 34.8 Å². The van der Waals surface area contributed by atoms with Crippen LogP contribution < -0.4 is 16.0 Å². The molecule has 2 aliphatic heterocycles. The summed E-state index contributed by atoms with van der Waals surface area (Å²) in [5.74, 6) is -1.73. The van der Waals surface area contributed by atoms with Crippen molar-refractivity contribution >= 4 is 33.2 Å². The molecule has 5 rings (SSSR count). The number of aliphatic hydroxyl groups excluding tert-OH is 1. The van der Waals surface area contributed by atoms with Gasteiger partial charge in [-0.15, -0.1) is 0 Å². The minimum Gasteiger partial charge on any atom is -0.446 e. The number of hydrogen-bond donors (Lipinski definition) is 4. The summed E-state index contributed by atoms with van der Waals surface area (Å²) >= 11 is 0. The number of aromatic nitrogens is 1. The van der Waals surface area contributed by atoms with E-state index in [1.165, 1.54) is 12.1 Å². The van der Waals surface area contributed by atoms with Crippen molar-refractivity contribution in [2.75, 3.05) is 38.2 Å². The highest BCUT2D eigenvalue weighted by Gasteiger charge is 2.47. The molecule has 3 aromatic rings.